The van der Waals surface area contributed by atoms with E-state index in [9.17, 15) is 4.79 Å². The van der Waals surface area contributed by atoms with E-state index in [4.69, 9.17) is 0 Å². The Balaban J connectivity index is 1.82. The molecule has 0 unspecified atom stereocenters. The number of nitrogens with one attached hydrogen (secondary N) is 2. The average molecular weight is 246 g/mol. The number of amides is 1. The minimum Gasteiger partial charge on any atom is -0.288 e. The van der Waals surface area contributed by atoms with E-state index in [0.29, 0.717) is 24.7 Å². The van der Waals surface area contributed by atoms with E-state index in [1.165, 1.54) is 0 Å². The first-order chi connectivity index (χ1) is 8.65. The van der Waals surface area contributed by atoms with Gasteiger partial charge in [-0.25, -0.2) is 4.98 Å². The molecule has 96 valence electrons. The van der Waals surface area contributed by atoms with Crippen molar-refractivity contribution < 1.29 is 4.79 Å². The first kappa shape index (κ1) is 12.5. The number of rotatable bonds is 5. The Morgan fingerprint density at radius 2 is 2.33 bits per heavy atom. The average Bonchev–Trinajstić information content (AvgIpc) is 2.81. The SMILES string of the molecule is CC(C)CCC(=O)NNc1cc2c(cn1)C=NC2. The minimum absolute atomic E-state index is 0.0118. The van der Waals surface area contributed by atoms with Crippen LogP contribution >= 0.6 is 0 Å². The number of hydrogen-bond acceptors (Lipinski definition) is 4. The lowest BCUT2D eigenvalue weighted by molar-refractivity contribution is -0.120. The molecule has 0 aliphatic carbocycles. The lowest BCUT2D eigenvalue weighted by Crippen LogP contribution is -2.29. The van der Waals surface area contributed by atoms with Crippen LogP contribution in [0.4, 0.5) is 5.82 Å². The summed E-state index contributed by atoms with van der Waals surface area (Å²) < 4.78 is 0. The molecule has 18 heavy (non-hydrogen) atoms. The van der Waals surface area contributed by atoms with Crippen molar-refractivity contribution in [2.24, 2.45) is 10.9 Å². The summed E-state index contributed by atoms with van der Waals surface area (Å²) in [6.45, 7) is 4.89. The summed E-state index contributed by atoms with van der Waals surface area (Å²) >= 11 is 0. The van der Waals surface area contributed by atoms with E-state index in [1.807, 2.05) is 12.3 Å². The molecule has 1 amide bonds. The molecule has 2 rings (SSSR count). The fourth-order valence-corrected chi connectivity index (χ4v) is 1.69. The molecule has 1 aromatic rings. The Labute approximate surface area is 107 Å². The van der Waals surface area contributed by atoms with E-state index in [2.05, 4.69) is 34.7 Å². The van der Waals surface area contributed by atoms with Gasteiger partial charge in [-0.1, -0.05) is 13.8 Å². The summed E-state index contributed by atoms with van der Waals surface area (Å²) in [6, 6.07) is 1.91. The van der Waals surface area contributed by atoms with Gasteiger partial charge >= 0.3 is 0 Å². The van der Waals surface area contributed by atoms with Crippen molar-refractivity contribution in [2.75, 3.05) is 5.43 Å². The lowest BCUT2D eigenvalue weighted by atomic mass is 10.1. The number of carbonyl (C=O) groups is 1. The van der Waals surface area contributed by atoms with Crippen LogP contribution in [0.15, 0.2) is 17.3 Å². The summed E-state index contributed by atoms with van der Waals surface area (Å²) in [5.74, 6) is 1.17. The Hall–Kier alpha value is -1.91. The lowest BCUT2D eigenvalue weighted by Gasteiger charge is -2.09. The second-order valence-corrected chi connectivity index (χ2v) is 4.84. The molecule has 0 fully saturated rings. The molecular weight excluding hydrogens is 228 g/mol. The number of aliphatic imine (C=N–C) groups is 1. The summed E-state index contributed by atoms with van der Waals surface area (Å²) in [5.41, 5.74) is 7.66. The number of hydrogen-bond donors (Lipinski definition) is 2. The normalized spacial score (nSPS) is 12.6. The van der Waals surface area contributed by atoms with Gasteiger partial charge < -0.3 is 0 Å². The van der Waals surface area contributed by atoms with Gasteiger partial charge in [0, 0.05) is 24.4 Å². The van der Waals surface area contributed by atoms with Crippen LogP contribution in [0.2, 0.25) is 0 Å². The molecule has 1 aromatic heterocycles. The molecule has 0 saturated heterocycles. The predicted molar refractivity (Wildman–Crippen MR) is 71.4 cm³/mol. The highest BCUT2D eigenvalue weighted by Crippen LogP contribution is 2.16. The van der Waals surface area contributed by atoms with E-state index in [0.717, 1.165) is 17.5 Å². The van der Waals surface area contributed by atoms with Gasteiger partial charge in [-0.2, -0.15) is 0 Å². The van der Waals surface area contributed by atoms with Crippen molar-refractivity contribution in [3.8, 4) is 0 Å². The van der Waals surface area contributed by atoms with Crippen LogP contribution in [0.1, 0.15) is 37.8 Å². The Kier molecular flexibility index (Phi) is 3.92. The maximum absolute atomic E-state index is 11.5. The van der Waals surface area contributed by atoms with Crippen LogP contribution < -0.4 is 10.9 Å². The van der Waals surface area contributed by atoms with Gasteiger partial charge in [-0.05, 0) is 24.0 Å². The van der Waals surface area contributed by atoms with E-state index >= 15 is 0 Å². The third kappa shape index (κ3) is 3.29. The van der Waals surface area contributed by atoms with Crippen LogP contribution in [-0.4, -0.2) is 17.1 Å². The summed E-state index contributed by atoms with van der Waals surface area (Å²) in [4.78, 5) is 19.9. The summed E-state index contributed by atoms with van der Waals surface area (Å²) in [6.07, 6.45) is 4.99. The van der Waals surface area contributed by atoms with E-state index in [-0.39, 0.29) is 5.91 Å². The maximum atomic E-state index is 11.5. The third-order valence-electron chi connectivity index (χ3n) is 2.80. The van der Waals surface area contributed by atoms with Crippen molar-refractivity contribution in [3.63, 3.8) is 0 Å². The van der Waals surface area contributed by atoms with Crippen molar-refractivity contribution in [3.05, 3.63) is 23.4 Å². The zero-order valence-corrected chi connectivity index (χ0v) is 10.7. The second-order valence-electron chi connectivity index (χ2n) is 4.84. The largest absolute Gasteiger partial charge is 0.288 e. The van der Waals surface area contributed by atoms with Gasteiger partial charge in [0.15, 0.2) is 0 Å². The van der Waals surface area contributed by atoms with Gasteiger partial charge in [0.1, 0.15) is 5.82 Å². The zero-order valence-electron chi connectivity index (χ0n) is 10.7. The molecular formula is C13H18N4O. The van der Waals surface area contributed by atoms with Crippen LogP contribution in [0.25, 0.3) is 0 Å². The molecule has 0 atom stereocenters. The second kappa shape index (κ2) is 5.62. The Morgan fingerprint density at radius 3 is 3.11 bits per heavy atom. The third-order valence-corrected chi connectivity index (χ3v) is 2.80. The van der Waals surface area contributed by atoms with Gasteiger partial charge in [-0.15, -0.1) is 0 Å². The smallest absolute Gasteiger partial charge is 0.238 e. The predicted octanol–water partition coefficient (Wildman–Crippen LogP) is 1.89. The van der Waals surface area contributed by atoms with Crippen LogP contribution in [0.3, 0.4) is 0 Å². The van der Waals surface area contributed by atoms with Gasteiger partial charge in [0.05, 0.1) is 6.54 Å². The highest BCUT2D eigenvalue weighted by atomic mass is 16.2. The molecule has 5 heteroatoms. The van der Waals surface area contributed by atoms with E-state index < -0.39 is 0 Å². The Morgan fingerprint density at radius 1 is 1.50 bits per heavy atom. The molecule has 0 aromatic carbocycles. The molecule has 2 heterocycles. The Bertz CT molecular complexity index is 468. The van der Waals surface area contributed by atoms with Gasteiger partial charge in [0.25, 0.3) is 0 Å². The monoisotopic (exact) mass is 246 g/mol. The van der Waals surface area contributed by atoms with Gasteiger partial charge in [-0.3, -0.25) is 20.6 Å². The van der Waals surface area contributed by atoms with Crippen molar-refractivity contribution in [2.45, 2.75) is 33.2 Å². The summed E-state index contributed by atoms with van der Waals surface area (Å²) in [5, 5.41) is 0. The highest BCUT2D eigenvalue weighted by molar-refractivity contribution is 5.84. The van der Waals surface area contributed by atoms with Crippen LogP contribution in [0.5, 0.6) is 0 Å². The molecule has 0 radical (unpaired) electrons. The number of hydrazine groups is 1. The quantitative estimate of drug-likeness (QED) is 0.780. The number of anilines is 1. The van der Waals surface area contributed by atoms with E-state index in [1.54, 1.807) is 6.20 Å². The topological polar surface area (TPSA) is 66.4 Å². The number of pyridine rings is 1. The first-order valence-corrected chi connectivity index (χ1v) is 6.19. The number of carbonyl (C=O) groups excluding carboxylic acids is 1. The van der Waals surface area contributed by atoms with Crippen molar-refractivity contribution in [1.82, 2.24) is 10.4 Å². The van der Waals surface area contributed by atoms with Crippen molar-refractivity contribution >= 4 is 17.9 Å². The molecule has 0 saturated carbocycles. The fraction of sp³-hybridized carbons (Fsp3) is 0.462. The molecule has 0 spiro atoms. The zero-order chi connectivity index (χ0) is 13.0. The first-order valence-electron chi connectivity index (χ1n) is 6.19. The van der Waals surface area contributed by atoms with Crippen LogP contribution in [-0.2, 0) is 11.3 Å². The number of fused-ring (bicyclic) bond motifs is 1. The molecule has 2 N–H and O–H groups in total. The maximum Gasteiger partial charge on any atom is 0.238 e. The molecule has 5 nitrogen and oxygen atoms in total. The number of nitrogens with zero attached hydrogens (tertiary/aromatic N) is 2. The van der Waals surface area contributed by atoms with Gasteiger partial charge in [0.2, 0.25) is 5.91 Å². The minimum atomic E-state index is -0.0118. The molecule has 0 bridgehead atoms. The van der Waals surface area contributed by atoms with Crippen molar-refractivity contribution in [1.29, 1.82) is 0 Å². The summed E-state index contributed by atoms with van der Waals surface area (Å²) in [7, 11) is 0. The molecule has 1 aliphatic rings. The highest BCUT2D eigenvalue weighted by Gasteiger charge is 2.08. The number of aromatic nitrogens is 1. The standard InChI is InChI=1S/C13H18N4O/c1-9(2)3-4-13(18)17-16-12-5-10-6-14-7-11(10)8-15-12/h5,7-9H,3-4,6H2,1-2H3,(H,15,16)(H,17,18). The van der Waals surface area contributed by atoms with Crippen LogP contribution in [0, 0.1) is 5.92 Å². The fourth-order valence-electron chi connectivity index (χ4n) is 1.69. The molecule has 1 aliphatic heterocycles.